The van der Waals surface area contributed by atoms with Gasteiger partial charge in [-0.15, -0.1) is 0 Å². The lowest BCUT2D eigenvalue weighted by Crippen LogP contribution is -1.93. The molecule has 1 aromatic rings. The molecule has 0 unspecified atom stereocenters. The van der Waals surface area contributed by atoms with Gasteiger partial charge in [0.1, 0.15) is 5.82 Å². The Morgan fingerprint density at radius 3 is 3.00 bits per heavy atom. The molecule has 76 valence electrons. The Morgan fingerprint density at radius 1 is 1.60 bits per heavy atom. The average Bonchev–Trinajstić information content (AvgIpc) is 2.20. The fourth-order valence-corrected chi connectivity index (χ4v) is 1.04. The Hall–Kier alpha value is -2.18. The predicted molar refractivity (Wildman–Crippen MR) is 56.4 cm³/mol. The molecule has 4 nitrogen and oxygen atoms in total. The van der Waals surface area contributed by atoms with Gasteiger partial charge in [-0.05, 0) is 30.2 Å². The van der Waals surface area contributed by atoms with E-state index in [9.17, 15) is 4.39 Å². The van der Waals surface area contributed by atoms with Gasteiger partial charge in [0, 0.05) is 10.5 Å². The number of nitrogens with zero attached hydrogens (tertiary/aromatic N) is 3. The van der Waals surface area contributed by atoms with Crippen molar-refractivity contribution in [2.24, 2.45) is 5.11 Å². The van der Waals surface area contributed by atoms with Crippen molar-refractivity contribution in [3.8, 4) is 11.8 Å². The Bertz CT molecular complexity index is 478. The fourth-order valence-electron chi connectivity index (χ4n) is 1.04. The molecule has 0 aliphatic carbocycles. The number of aryl methyl sites for hydroxylation is 1. The zero-order valence-corrected chi connectivity index (χ0v) is 8.16. The predicted octanol–water partition coefficient (Wildman–Crippen LogP) is 2.38. The van der Waals surface area contributed by atoms with Crippen molar-refractivity contribution >= 4 is 5.69 Å². The molecule has 0 heterocycles. The molecule has 0 atom stereocenters. The quantitative estimate of drug-likeness (QED) is 0.246. The smallest absolute Gasteiger partial charge is 0.147 e. The summed E-state index contributed by atoms with van der Waals surface area (Å²) in [6.45, 7) is 1.86. The Kier molecular flexibility index (Phi) is 3.55. The maximum atomic E-state index is 13.1. The summed E-state index contributed by atoms with van der Waals surface area (Å²) in [4.78, 5) is 2.55. The lowest BCUT2D eigenvalue weighted by atomic mass is 10.1. The van der Waals surface area contributed by atoms with Gasteiger partial charge in [-0.2, -0.15) is 0 Å². The number of rotatable bonds is 1. The SMILES string of the molecule is Cc1cc(N)c(F)cc1C#CCN=[N+]=[N-]. The molecule has 0 aromatic heterocycles. The lowest BCUT2D eigenvalue weighted by Gasteiger charge is -2.01. The highest BCUT2D eigenvalue weighted by molar-refractivity contribution is 5.51. The molecule has 15 heavy (non-hydrogen) atoms. The number of hydrogen-bond acceptors (Lipinski definition) is 2. The summed E-state index contributed by atoms with van der Waals surface area (Å²) in [5.74, 6) is 4.83. The largest absolute Gasteiger partial charge is 0.396 e. The van der Waals surface area contributed by atoms with Crippen LogP contribution in [0.15, 0.2) is 17.2 Å². The second-order valence-electron chi connectivity index (χ2n) is 2.88. The van der Waals surface area contributed by atoms with Crippen molar-refractivity contribution in [3.63, 3.8) is 0 Å². The van der Waals surface area contributed by atoms with Gasteiger partial charge in [-0.1, -0.05) is 17.0 Å². The lowest BCUT2D eigenvalue weighted by molar-refractivity contribution is 0.631. The van der Waals surface area contributed by atoms with Crippen LogP contribution in [-0.4, -0.2) is 6.54 Å². The van der Waals surface area contributed by atoms with Crippen LogP contribution < -0.4 is 5.73 Å². The van der Waals surface area contributed by atoms with Crippen molar-refractivity contribution in [1.82, 2.24) is 0 Å². The summed E-state index contributed by atoms with van der Waals surface area (Å²) in [7, 11) is 0. The first-order valence-corrected chi connectivity index (χ1v) is 4.20. The van der Waals surface area contributed by atoms with Crippen LogP contribution in [0.5, 0.6) is 0 Å². The third-order valence-electron chi connectivity index (χ3n) is 1.78. The van der Waals surface area contributed by atoms with Crippen LogP contribution in [0.2, 0.25) is 0 Å². The van der Waals surface area contributed by atoms with Crippen LogP contribution in [0.1, 0.15) is 11.1 Å². The van der Waals surface area contributed by atoms with E-state index in [1.807, 2.05) is 0 Å². The number of azide groups is 1. The van der Waals surface area contributed by atoms with Crippen molar-refractivity contribution in [3.05, 3.63) is 39.5 Å². The van der Waals surface area contributed by atoms with Gasteiger partial charge in [-0.25, -0.2) is 4.39 Å². The number of nitrogen functional groups attached to an aromatic ring is 1. The van der Waals surface area contributed by atoms with Crippen LogP contribution in [0.3, 0.4) is 0 Å². The molecular weight excluding hydrogens is 195 g/mol. The molecule has 0 aliphatic heterocycles. The highest BCUT2D eigenvalue weighted by Crippen LogP contribution is 2.15. The summed E-state index contributed by atoms with van der Waals surface area (Å²) in [5, 5.41) is 3.25. The Balaban J connectivity index is 2.98. The van der Waals surface area contributed by atoms with E-state index in [0.717, 1.165) is 5.56 Å². The molecule has 0 aliphatic rings. The van der Waals surface area contributed by atoms with Crippen molar-refractivity contribution < 1.29 is 4.39 Å². The molecule has 0 amide bonds. The summed E-state index contributed by atoms with van der Waals surface area (Å²) < 4.78 is 13.1. The zero-order chi connectivity index (χ0) is 11.3. The highest BCUT2D eigenvalue weighted by Gasteiger charge is 2.01. The summed E-state index contributed by atoms with van der Waals surface area (Å²) in [5.41, 5.74) is 14.8. The number of nitrogens with two attached hydrogens (primary N) is 1. The van der Waals surface area contributed by atoms with E-state index in [0.29, 0.717) is 5.56 Å². The second kappa shape index (κ2) is 4.89. The van der Waals surface area contributed by atoms with Crippen LogP contribution >= 0.6 is 0 Å². The molecule has 0 radical (unpaired) electrons. The minimum absolute atomic E-state index is 0.0714. The van der Waals surface area contributed by atoms with Crippen LogP contribution in [0.25, 0.3) is 10.4 Å². The molecule has 0 spiro atoms. The van der Waals surface area contributed by atoms with Gasteiger partial charge < -0.3 is 5.73 Å². The van der Waals surface area contributed by atoms with Crippen LogP contribution in [0.4, 0.5) is 10.1 Å². The second-order valence-corrected chi connectivity index (χ2v) is 2.88. The first kappa shape index (κ1) is 10.9. The minimum Gasteiger partial charge on any atom is -0.396 e. The normalized spacial score (nSPS) is 8.67. The number of benzene rings is 1. The Morgan fingerprint density at radius 2 is 2.33 bits per heavy atom. The standard InChI is InChI=1S/C10H9FN4/c1-7-5-10(12)9(11)6-8(7)3-2-4-14-15-13/h5-6H,4,12H2,1H3. The minimum atomic E-state index is -0.492. The topological polar surface area (TPSA) is 74.8 Å². The van der Waals surface area contributed by atoms with Crippen molar-refractivity contribution in [2.45, 2.75) is 6.92 Å². The number of anilines is 1. The van der Waals surface area contributed by atoms with Gasteiger partial charge in [0.15, 0.2) is 0 Å². The summed E-state index contributed by atoms with van der Waals surface area (Å²) in [6.07, 6.45) is 0. The van der Waals surface area contributed by atoms with E-state index >= 15 is 0 Å². The molecule has 0 saturated heterocycles. The van der Waals surface area contributed by atoms with Crippen molar-refractivity contribution in [2.75, 3.05) is 12.3 Å². The average molecular weight is 204 g/mol. The van der Waals surface area contributed by atoms with Gasteiger partial charge in [-0.3, -0.25) is 0 Å². The van der Waals surface area contributed by atoms with E-state index in [4.69, 9.17) is 11.3 Å². The molecule has 0 bridgehead atoms. The zero-order valence-electron chi connectivity index (χ0n) is 8.16. The van der Waals surface area contributed by atoms with E-state index in [1.165, 1.54) is 12.1 Å². The number of halogens is 1. The first-order valence-electron chi connectivity index (χ1n) is 4.20. The van der Waals surface area contributed by atoms with E-state index in [-0.39, 0.29) is 12.2 Å². The number of hydrogen-bond donors (Lipinski definition) is 1. The summed E-state index contributed by atoms with van der Waals surface area (Å²) >= 11 is 0. The molecule has 1 aromatic carbocycles. The molecule has 0 fully saturated rings. The maximum Gasteiger partial charge on any atom is 0.147 e. The van der Waals surface area contributed by atoms with E-state index in [2.05, 4.69) is 21.9 Å². The van der Waals surface area contributed by atoms with Gasteiger partial charge in [0.2, 0.25) is 0 Å². The molecule has 2 N–H and O–H groups in total. The van der Waals surface area contributed by atoms with E-state index in [1.54, 1.807) is 6.92 Å². The third-order valence-corrected chi connectivity index (χ3v) is 1.78. The maximum absolute atomic E-state index is 13.1. The van der Waals surface area contributed by atoms with Crippen LogP contribution in [0, 0.1) is 24.6 Å². The van der Waals surface area contributed by atoms with Gasteiger partial charge in [0.25, 0.3) is 0 Å². The molecule has 0 saturated carbocycles. The molecule has 5 heteroatoms. The van der Waals surface area contributed by atoms with Gasteiger partial charge in [0.05, 0.1) is 12.2 Å². The van der Waals surface area contributed by atoms with Crippen LogP contribution in [-0.2, 0) is 0 Å². The summed E-state index contributed by atoms with van der Waals surface area (Å²) in [6, 6.07) is 2.79. The highest BCUT2D eigenvalue weighted by atomic mass is 19.1. The van der Waals surface area contributed by atoms with Crippen molar-refractivity contribution in [1.29, 1.82) is 0 Å². The Labute approximate surface area is 86.5 Å². The molecular formula is C10H9FN4. The monoisotopic (exact) mass is 204 g/mol. The third kappa shape index (κ3) is 2.90. The molecule has 1 rings (SSSR count). The van der Waals surface area contributed by atoms with Gasteiger partial charge >= 0.3 is 0 Å². The first-order chi connectivity index (χ1) is 7.15. The van der Waals surface area contributed by atoms with E-state index < -0.39 is 5.82 Å². The fraction of sp³-hybridized carbons (Fsp3) is 0.200.